The van der Waals surface area contributed by atoms with E-state index in [9.17, 15) is 9.18 Å². The molecular weight excluding hydrogens is 185 g/mol. The van der Waals surface area contributed by atoms with Gasteiger partial charge in [0.2, 0.25) is 0 Å². The zero-order valence-corrected chi connectivity index (χ0v) is 6.89. The molecule has 0 aromatic carbocycles. The van der Waals surface area contributed by atoms with Gasteiger partial charge in [-0.05, 0) is 13.0 Å². The van der Waals surface area contributed by atoms with Crippen molar-refractivity contribution in [2.24, 2.45) is 0 Å². The van der Waals surface area contributed by atoms with Crippen LogP contribution in [-0.2, 0) is 0 Å². The van der Waals surface area contributed by atoms with Gasteiger partial charge in [0.15, 0.2) is 5.69 Å². The summed E-state index contributed by atoms with van der Waals surface area (Å²) in [7, 11) is 0. The van der Waals surface area contributed by atoms with Crippen molar-refractivity contribution in [2.75, 3.05) is 0 Å². The highest BCUT2D eigenvalue weighted by Crippen LogP contribution is 2.16. The second-order valence-electron chi connectivity index (χ2n) is 2.19. The summed E-state index contributed by atoms with van der Waals surface area (Å²) in [6, 6.07) is 0.938. The number of rotatable bonds is 1. The smallest absolute Gasteiger partial charge is 0.356 e. The molecule has 0 aliphatic heterocycles. The molecule has 1 rings (SSSR count). The van der Waals surface area contributed by atoms with E-state index in [2.05, 4.69) is 4.98 Å². The van der Waals surface area contributed by atoms with Gasteiger partial charge in [-0.3, -0.25) is 0 Å². The molecule has 0 fully saturated rings. The Kier molecular flexibility index (Phi) is 2.28. The minimum absolute atomic E-state index is 0.0248. The van der Waals surface area contributed by atoms with Gasteiger partial charge in [-0.25, -0.2) is 14.2 Å². The van der Waals surface area contributed by atoms with Crippen LogP contribution in [0, 0.1) is 12.7 Å². The van der Waals surface area contributed by atoms with Crippen molar-refractivity contribution < 1.29 is 14.3 Å². The fraction of sp³-hybridized carbons (Fsp3) is 0.143. The molecule has 0 bridgehead atoms. The highest BCUT2D eigenvalue weighted by Gasteiger charge is 2.13. The maximum atomic E-state index is 12.7. The SMILES string of the molecule is Cc1nc(C(=O)O)c(Cl)cc1F. The molecule has 0 radical (unpaired) electrons. The standard InChI is InChI=1S/C7H5ClFNO2/c1-3-5(9)2-4(8)6(10-3)7(11)12/h2H,1H3,(H,11,12). The molecule has 1 N–H and O–H groups in total. The molecule has 5 heteroatoms. The van der Waals surface area contributed by atoms with E-state index in [4.69, 9.17) is 16.7 Å². The number of hydrogen-bond acceptors (Lipinski definition) is 2. The van der Waals surface area contributed by atoms with Crippen LogP contribution in [0.2, 0.25) is 5.02 Å². The van der Waals surface area contributed by atoms with Gasteiger partial charge in [0.05, 0.1) is 10.7 Å². The van der Waals surface area contributed by atoms with E-state index in [0.717, 1.165) is 6.07 Å². The maximum absolute atomic E-state index is 12.7. The lowest BCUT2D eigenvalue weighted by Crippen LogP contribution is -2.04. The maximum Gasteiger partial charge on any atom is 0.356 e. The van der Waals surface area contributed by atoms with Gasteiger partial charge in [-0.15, -0.1) is 0 Å². The number of aromatic carboxylic acids is 1. The summed E-state index contributed by atoms with van der Waals surface area (Å²) in [5.41, 5.74) is -0.299. The monoisotopic (exact) mass is 189 g/mol. The molecule has 0 saturated heterocycles. The molecule has 0 spiro atoms. The van der Waals surface area contributed by atoms with Crippen molar-refractivity contribution in [3.8, 4) is 0 Å². The molecule has 1 aromatic heterocycles. The minimum Gasteiger partial charge on any atom is -0.476 e. The van der Waals surface area contributed by atoms with Gasteiger partial charge in [0.25, 0.3) is 0 Å². The average molecular weight is 190 g/mol. The van der Waals surface area contributed by atoms with E-state index in [0.29, 0.717) is 0 Å². The summed E-state index contributed by atoms with van der Waals surface area (Å²) in [5, 5.41) is 8.32. The molecule has 0 amide bonds. The van der Waals surface area contributed by atoms with Crippen LogP contribution in [0.4, 0.5) is 4.39 Å². The lowest BCUT2D eigenvalue weighted by atomic mass is 10.3. The van der Waals surface area contributed by atoms with E-state index in [1.54, 1.807) is 0 Å². The number of nitrogens with zero attached hydrogens (tertiary/aromatic N) is 1. The molecule has 0 unspecified atom stereocenters. The topological polar surface area (TPSA) is 50.2 Å². The molecule has 12 heavy (non-hydrogen) atoms. The van der Waals surface area contributed by atoms with E-state index < -0.39 is 11.8 Å². The normalized spacial score (nSPS) is 9.92. The Hall–Kier alpha value is -1.16. The van der Waals surface area contributed by atoms with Crippen LogP contribution in [0.5, 0.6) is 0 Å². The van der Waals surface area contributed by atoms with Crippen molar-refractivity contribution in [1.82, 2.24) is 4.98 Å². The molecule has 0 atom stereocenters. The van der Waals surface area contributed by atoms with E-state index in [-0.39, 0.29) is 16.4 Å². The fourth-order valence-electron chi connectivity index (χ4n) is 0.709. The third kappa shape index (κ3) is 1.53. The molecule has 0 saturated carbocycles. The van der Waals surface area contributed by atoms with Gasteiger partial charge >= 0.3 is 5.97 Å². The number of aryl methyl sites for hydroxylation is 1. The number of aromatic nitrogens is 1. The second kappa shape index (κ2) is 3.06. The van der Waals surface area contributed by atoms with E-state index >= 15 is 0 Å². The Morgan fingerprint density at radius 2 is 2.33 bits per heavy atom. The van der Waals surface area contributed by atoms with Crippen LogP contribution in [0.3, 0.4) is 0 Å². The summed E-state index contributed by atoms with van der Waals surface area (Å²) >= 11 is 5.41. The minimum atomic E-state index is -1.26. The molecule has 1 aromatic rings. The molecular formula is C7H5ClFNO2. The largest absolute Gasteiger partial charge is 0.476 e. The molecule has 3 nitrogen and oxygen atoms in total. The van der Waals surface area contributed by atoms with Gasteiger partial charge in [0, 0.05) is 0 Å². The third-order valence-electron chi connectivity index (χ3n) is 1.31. The summed E-state index contributed by atoms with van der Waals surface area (Å²) in [5.74, 6) is -1.87. The van der Waals surface area contributed by atoms with Gasteiger partial charge in [0.1, 0.15) is 5.82 Å². The first-order chi connectivity index (χ1) is 5.52. The van der Waals surface area contributed by atoms with Gasteiger partial charge < -0.3 is 5.11 Å². The summed E-state index contributed by atoms with van der Waals surface area (Å²) < 4.78 is 12.7. The molecule has 1 heterocycles. The van der Waals surface area contributed by atoms with Crippen molar-refractivity contribution in [3.05, 3.63) is 28.3 Å². The predicted molar refractivity (Wildman–Crippen MR) is 40.9 cm³/mol. The average Bonchev–Trinajstić information content (AvgIpc) is 1.96. The molecule has 0 aliphatic carbocycles. The lowest BCUT2D eigenvalue weighted by molar-refractivity contribution is 0.0690. The number of carboxylic acids is 1. The fourth-order valence-corrected chi connectivity index (χ4v) is 0.927. The highest BCUT2D eigenvalue weighted by atomic mass is 35.5. The first-order valence-corrected chi connectivity index (χ1v) is 3.46. The molecule has 0 aliphatic rings. The molecule has 64 valence electrons. The van der Waals surface area contributed by atoms with E-state index in [1.165, 1.54) is 6.92 Å². The Morgan fingerprint density at radius 3 is 2.83 bits per heavy atom. The third-order valence-corrected chi connectivity index (χ3v) is 1.60. The number of halogens is 2. The second-order valence-corrected chi connectivity index (χ2v) is 2.60. The first kappa shape index (κ1) is 8.93. The number of hydrogen-bond donors (Lipinski definition) is 1. The van der Waals surface area contributed by atoms with E-state index in [1.807, 2.05) is 0 Å². The lowest BCUT2D eigenvalue weighted by Gasteiger charge is -1.99. The van der Waals surface area contributed by atoms with Crippen LogP contribution in [-0.4, -0.2) is 16.1 Å². The zero-order valence-electron chi connectivity index (χ0n) is 6.14. The van der Waals surface area contributed by atoms with Crippen LogP contribution < -0.4 is 0 Å². The van der Waals surface area contributed by atoms with Crippen LogP contribution in [0.25, 0.3) is 0 Å². The van der Waals surface area contributed by atoms with Crippen LogP contribution in [0.15, 0.2) is 6.07 Å². The first-order valence-electron chi connectivity index (χ1n) is 3.08. The van der Waals surface area contributed by atoms with Crippen molar-refractivity contribution >= 4 is 17.6 Å². The summed E-state index contributed by atoms with van der Waals surface area (Å²) in [4.78, 5) is 13.9. The quantitative estimate of drug-likeness (QED) is 0.734. The number of carbonyl (C=O) groups is 1. The van der Waals surface area contributed by atoms with Crippen LogP contribution >= 0.6 is 11.6 Å². The van der Waals surface area contributed by atoms with Crippen molar-refractivity contribution in [1.29, 1.82) is 0 Å². The Bertz CT molecular complexity index is 340. The Balaban J connectivity index is 3.33. The summed E-state index contributed by atoms with van der Waals surface area (Å²) in [6.45, 7) is 1.37. The summed E-state index contributed by atoms with van der Waals surface area (Å²) in [6.07, 6.45) is 0. The van der Waals surface area contributed by atoms with Crippen LogP contribution in [0.1, 0.15) is 16.2 Å². The van der Waals surface area contributed by atoms with Crippen molar-refractivity contribution in [3.63, 3.8) is 0 Å². The predicted octanol–water partition coefficient (Wildman–Crippen LogP) is 1.88. The zero-order chi connectivity index (χ0) is 9.30. The number of pyridine rings is 1. The van der Waals surface area contributed by atoms with Gasteiger partial charge in [-0.1, -0.05) is 11.6 Å². The highest BCUT2D eigenvalue weighted by molar-refractivity contribution is 6.33. The van der Waals surface area contributed by atoms with Gasteiger partial charge in [-0.2, -0.15) is 0 Å². The Morgan fingerprint density at radius 1 is 1.75 bits per heavy atom. The Labute approximate surface area is 72.8 Å². The van der Waals surface area contributed by atoms with Crippen molar-refractivity contribution in [2.45, 2.75) is 6.92 Å². The number of carboxylic acid groups (broad SMARTS) is 1.